The maximum absolute atomic E-state index is 14.1. The molecule has 4 heterocycles. The number of halogens is 3. The van der Waals surface area contributed by atoms with Gasteiger partial charge in [0.2, 0.25) is 17.7 Å². The fraction of sp³-hybridized carbons (Fsp3) is 0.250. The number of methoxy groups -OCH3 is 1. The average molecular weight is 556 g/mol. The van der Waals surface area contributed by atoms with Crippen LogP contribution in [0, 0.1) is 6.92 Å². The summed E-state index contributed by atoms with van der Waals surface area (Å²) >= 11 is 0. The summed E-state index contributed by atoms with van der Waals surface area (Å²) in [5.41, 5.74) is -2.85. The number of para-hydroxylation sites is 1. The molecule has 3 aromatic heterocycles. The number of piperidine rings is 1. The predicted molar refractivity (Wildman–Crippen MR) is 131 cm³/mol. The summed E-state index contributed by atoms with van der Waals surface area (Å²) in [6, 6.07) is 5.70. The number of benzene rings is 1. The smallest absolute Gasteiger partial charge is 0.434 e. The lowest BCUT2D eigenvalue weighted by Crippen LogP contribution is -2.45. The van der Waals surface area contributed by atoms with E-state index < -0.39 is 46.8 Å². The van der Waals surface area contributed by atoms with E-state index in [1.807, 2.05) is 0 Å². The molecule has 5 rings (SSSR count). The molecule has 1 aliphatic rings. The van der Waals surface area contributed by atoms with Gasteiger partial charge in [0.25, 0.3) is 11.5 Å². The molecule has 1 fully saturated rings. The average Bonchev–Trinajstić information content (AvgIpc) is 3.37. The Morgan fingerprint density at radius 3 is 2.58 bits per heavy atom. The first kappa shape index (κ1) is 26.5. The normalized spacial score (nSPS) is 15.7. The third kappa shape index (κ3) is 4.63. The molecule has 0 radical (unpaired) electrons. The Kier molecular flexibility index (Phi) is 6.53. The minimum absolute atomic E-state index is 0.00358. The molecule has 1 saturated heterocycles. The van der Waals surface area contributed by atoms with Gasteiger partial charge in [-0.2, -0.15) is 18.3 Å². The minimum Gasteiger partial charge on any atom is -0.480 e. The van der Waals surface area contributed by atoms with Crippen LogP contribution in [-0.4, -0.2) is 54.4 Å². The number of ether oxygens (including phenoxy) is 1. The van der Waals surface area contributed by atoms with E-state index in [4.69, 9.17) is 4.74 Å². The van der Waals surface area contributed by atoms with Crippen LogP contribution < -0.4 is 20.9 Å². The highest BCUT2D eigenvalue weighted by molar-refractivity contribution is 6.09. The summed E-state index contributed by atoms with van der Waals surface area (Å²) in [5.74, 6) is -2.39. The number of nitrogens with zero attached hydrogens (tertiary/aromatic N) is 6. The van der Waals surface area contributed by atoms with E-state index in [1.165, 1.54) is 44.4 Å². The van der Waals surface area contributed by atoms with Crippen molar-refractivity contribution < 1.29 is 32.3 Å². The van der Waals surface area contributed by atoms with Crippen LogP contribution in [0.15, 0.2) is 41.3 Å². The lowest BCUT2D eigenvalue weighted by molar-refractivity contribution is -0.143. The maximum Gasteiger partial charge on any atom is 0.434 e. The number of aromatic nitrogens is 6. The first-order valence-corrected chi connectivity index (χ1v) is 11.7. The molecular formula is C24H19F3N8O5. The number of anilines is 1. The van der Waals surface area contributed by atoms with Crippen LogP contribution in [0.3, 0.4) is 0 Å². The van der Waals surface area contributed by atoms with Crippen molar-refractivity contribution in [2.45, 2.75) is 32.0 Å². The van der Waals surface area contributed by atoms with Gasteiger partial charge in [0.15, 0.2) is 11.5 Å². The Bertz CT molecular complexity index is 1730. The number of imide groups is 1. The monoisotopic (exact) mass is 556 g/mol. The number of amides is 3. The summed E-state index contributed by atoms with van der Waals surface area (Å²) < 4.78 is 48.7. The van der Waals surface area contributed by atoms with Crippen molar-refractivity contribution in [2.75, 3.05) is 12.4 Å². The number of alkyl halides is 3. The zero-order chi connectivity index (χ0) is 28.8. The summed E-state index contributed by atoms with van der Waals surface area (Å²) in [4.78, 5) is 54.7. The largest absolute Gasteiger partial charge is 0.480 e. The second-order valence-electron chi connectivity index (χ2n) is 8.71. The van der Waals surface area contributed by atoms with Crippen molar-refractivity contribution in [3.63, 3.8) is 0 Å². The Morgan fingerprint density at radius 2 is 1.93 bits per heavy atom. The highest BCUT2D eigenvalue weighted by atomic mass is 19.4. The van der Waals surface area contributed by atoms with E-state index in [0.717, 1.165) is 10.8 Å². The number of fused-ring (bicyclic) bond motifs is 1. The van der Waals surface area contributed by atoms with Crippen LogP contribution in [0.25, 0.3) is 16.7 Å². The standard InChI is InChI=1S/C24H19F3N8O5/c1-11-29-19-12(23(39)34(11)15-6-8-17(36)31-22(15)38)4-3-5-14(19)30-21(37)13-10-28-35(20(13)24(25,26)27)16-7-9-18(40-2)33-32-16/h3-5,7,9-10,15H,6,8H2,1-2H3,(H,30,37)(H,31,36,38). The molecule has 40 heavy (non-hydrogen) atoms. The van der Waals surface area contributed by atoms with Crippen molar-refractivity contribution in [2.24, 2.45) is 0 Å². The van der Waals surface area contributed by atoms with Crippen molar-refractivity contribution >= 4 is 34.3 Å². The quantitative estimate of drug-likeness (QED) is 0.350. The van der Waals surface area contributed by atoms with Crippen molar-refractivity contribution in [1.29, 1.82) is 0 Å². The Morgan fingerprint density at radius 1 is 1.15 bits per heavy atom. The van der Waals surface area contributed by atoms with E-state index in [0.29, 0.717) is 4.68 Å². The van der Waals surface area contributed by atoms with Gasteiger partial charge in [-0.05, 0) is 31.5 Å². The van der Waals surface area contributed by atoms with Crippen molar-refractivity contribution in [3.05, 3.63) is 64.0 Å². The van der Waals surface area contributed by atoms with Crippen LogP contribution >= 0.6 is 0 Å². The van der Waals surface area contributed by atoms with Gasteiger partial charge in [-0.3, -0.25) is 29.1 Å². The van der Waals surface area contributed by atoms with Gasteiger partial charge in [0.05, 0.1) is 29.9 Å². The second kappa shape index (κ2) is 9.87. The summed E-state index contributed by atoms with van der Waals surface area (Å²) in [7, 11) is 1.31. The van der Waals surface area contributed by atoms with Gasteiger partial charge in [-0.15, -0.1) is 10.2 Å². The molecular weight excluding hydrogens is 537 g/mol. The Balaban J connectivity index is 1.53. The third-order valence-electron chi connectivity index (χ3n) is 6.21. The molecule has 4 aromatic rings. The predicted octanol–water partition coefficient (Wildman–Crippen LogP) is 1.94. The number of nitrogens with one attached hydrogen (secondary N) is 2. The number of carbonyl (C=O) groups is 3. The lowest BCUT2D eigenvalue weighted by atomic mass is 10.1. The van der Waals surface area contributed by atoms with E-state index in [9.17, 15) is 32.3 Å². The maximum atomic E-state index is 14.1. The molecule has 0 saturated carbocycles. The number of hydrogen-bond donors (Lipinski definition) is 2. The molecule has 206 valence electrons. The first-order valence-electron chi connectivity index (χ1n) is 11.7. The van der Waals surface area contributed by atoms with Gasteiger partial charge in [-0.1, -0.05) is 6.07 Å². The zero-order valence-electron chi connectivity index (χ0n) is 20.8. The highest BCUT2D eigenvalue weighted by Gasteiger charge is 2.41. The fourth-order valence-electron chi connectivity index (χ4n) is 4.41. The van der Waals surface area contributed by atoms with Crippen LogP contribution in [0.5, 0.6) is 5.88 Å². The van der Waals surface area contributed by atoms with Gasteiger partial charge < -0.3 is 10.1 Å². The summed E-state index contributed by atoms with van der Waals surface area (Å²) in [6.07, 6.45) is -4.14. The van der Waals surface area contributed by atoms with Gasteiger partial charge in [0, 0.05) is 12.5 Å². The number of aryl methyl sites for hydroxylation is 1. The Hall–Kier alpha value is -5.15. The fourth-order valence-corrected chi connectivity index (χ4v) is 4.41. The number of rotatable bonds is 5. The van der Waals surface area contributed by atoms with Gasteiger partial charge in [-0.25, -0.2) is 9.67 Å². The van der Waals surface area contributed by atoms with Gasteiger partial charge in [0.1, 0.15) is 17.4 Å². The van der Waals surface area contributed by atoms with E-state index in [2.05, 4.69) is 30.9 Å². The molecule has 0 aliphatic carbocycles. The van der Waals surface area contributed by atoms with Gasteiger partial charge >= 0.3 is 6.18 Å². The molecule has 1 aromatic carbocycles. The molecule has 0 spiro atoms. The van der Waals surface area contributed by atoms with Crippen molar-refractivity contribution in [1.82, 2.24) is 34.8 Å². The van der Waals surface area contributed by atoms with E-state index >= 15 is 0 Å². The number of hydrogen-bond acceptors (Lipinski definition) is 9. The van der Waals surface area contributed by atoms with E-state index in [1.54, 1.807) is 0 Å². The van der Waals surface area contributed by atoms with Crippen LogP contribution in [0.2, 0.25) is 0 Å². The molecule has 1 aliphatic heterocycles. The molecule has 16 heteroatoms. The first-order chi connectivity index (χ1) is 19.0. The molecule has 1 unspecified atom stereocenters. The van der Waals surface area contributed by atoms with Crippen LogP contribution in [-0.2, 0) is 15.8 Å². The zero-order valence-corrected chi connectivity index (χ0v) is 20.8. The topological polar surface area (TPSA) is 163 Å². The summed E-state index contributed by atoms with van der Waals surface area (Å²) in [6.45, 7) is 1.46. The lowest BCUT2D eigenvalue weighted by Gasteiger charge is -2.24. The van der Waals surface area contributed by atoms with Crippen molar-refractivity contribution in [3.8, 4) is 11.7 Å². The van der Waals surface area contributed by atoms with Crippen LogP contribution in [0.4, 0.5) is 18.9 Å². The number of carbonyl (C=O) groups excluding carboxylic acids is 3. The SMILES string of the molecule is COc1ccc(-n2ncc(C(=O)Nc3cccc4c(=O)n(C5CCC(=O)NC5=O)c(C)nc34)c2C(F)(F)F)nn1. The van der Waals surface area contributed by atoms with Crippen LogP contribution in [0.1, 0.15) is 40.8 Å². The van der Waals surface area contributed by atoms with E-state index in [-0.39, 0.29) is 47.0 Å². The highest BCUT2D eigenvalue weighted by Crippen LogP contribution is 2.34. The molecule has 2 N–H and O–H groups in total. The summed E-state index contributed by atoms with van der Waals surface area (Å²) in [5, 5.41) is 15.6. The Labute approximate surface area is 222 Å². The molecule has 1 atom stereocenters. The molecule has 13 nitrogen and oxygen atoms in total. The molecule has 3 amide bonds. The third-order valence-corrected chi connectivity index (χ3v) is 6.21. The second-order valence-corrected chi connectivity index (χ2v) is 8.71. The minimum atomic E-state index is -5.01. The molecule has 0 bridgehead atoms.